The Hall–Kier alpha value is -3.41. The highest BCUT2D eigenvalue weighted by Crippen LogP contribution is 2.38. The third kappa shape index (κ3) is 4.81. The quantitative estimate of drug-likeness (QED) is 0.273. The van der Waals surface area contributed by atoms with Crippen LogP contribution >= 0.6 is 0 Å². The van der Waals surface area contributed by atoms with Crippen LogP contribution in [0.4, 0.5) is 0 Å². The van der Waals surface area contributed by atoms with Gasteiger partial charge in [-0.05, 0) is 38.0 Å². The lowest BCUT2D eigenvalue weighted by atomic mass is 9.99. The van der Waals surface area contributed by atoms with E-state index in [0.29, 0.717) is 5.56 Å². The van der Waals surface area contributed by atoms with Crippen LogP contribution in [0.25, 0.3) is 22.1 Å². The predicted molar refractivity (Wildman–Crippen MR) is 129 cm³/mol. The van der Waals surface area contributed by atoms with Crippen LogP contribution in [0.1, 0.15) is 19.4 Å². The SMILES string of the molecule is CC(C)=CCc1c(O[C@@H]2O[C@@H](CO)[C@H](O)[C@H](O)[C@@H]2O)cc2occ(-c3ccc(O)cc3)c(=O)c2c1O. The zero-order valence-electron chi connectivity index (χ0n) is 19.7. The number of phenolic OH excluding ortho intramolecular Hbond substituents is 2. The summed E-state index contributed by atoms with van der Waals surface area (Å²) in [5.41, 5.74) is 1.29. The Bertz CT molecular complexity index is 1320. The largest absolute Gasteiger partial charge is 0.508 e. The van der Waals surface area contributed by atoms with E-state index in [2.05, 4.69) is 0 Å². The van der Waals surface area contributed by atoms with Crippen molar-refractivity contribution in [3.05, 3.63) is 64.0 Å². The van der Waals surface area contributed by atoms with Gasteiger partial charge in [0, 0.05) is 11.6 Å². The van der Waals surface area contributed by atoms with E-state index < -0.39 is 42.7 Å². The third-order valence-electron chi connectivity index (χ3n) is 6.09. The second-order valence-corrected chi connectivity index (χ2v) is 8.90. The molecule has 36 heavy (non-hydrogen) atoms. The first-order valence-corrected chi connectivity index (χ1v) is 11.3. The summed E-state index contributed by atoms with van der Waals surface area (Å²) < 4.78 is 16.9. The van der Waals surface area contributed by atoms with E-state index in [1.54, 1.807) is 18.2 Å². The predicted octanol–water partition coefficient (Wildman–Crippen LogP) is 1.56. The Morgan fingerprint density at radius 1 is 1.06 bits per heavy atom. The number of hydrogen-bond donors (Lipinski definition) is 6. The molecule has 1 aliphatic rings. The van der Waals surface area contributed by atoms with E-state index in [-0.39, 0.29) is 45.8 Å². The van der Waals surface area contributed by atoms with Gasteiger partial charge in [0.05, 0.1) is 12.2 Å². The molecule has 10 heteroatoms. The molecule has 192 valence electrons. The number of rotatable bonds is 6. The highest BCUT2D eigenvalue weighted by atomic mass is 16.7. The van der Waals surface area contributed by atoms with Gasteiger partial charge in [-0.25, -0.2) is 0 Å². The zero-order chi connectivity index (χ0) is 26.1. The van der Waals surface area contributed by atoms with Crippen LogP contribution in [0, 0.1) is 0 Å². The van der Waals surface area contributed by atoms with Crippen molar-refractivity contribution in [2.75, 3.05) is 6.61 Å². The molecule has 6 N–H and O–H groups in total. The normalized spacial score (nSPS) is 24.0. The minimum atomic E-state index is -1.67. The first-order chi connectivity index (χ1) is 17.1. The number of aromatic hydroxyl groups is 2. The second kappa shape index (κ2) is 10.3. The van der Waals surface area contributed by atoms with E-state index in [1.165, 1.54) is 24.5 Å². The summed E-state index contributed by atoms with van der Waals surface area (Å²) in [7, 11) is 0. The van der Waals surface area contributed by atoms with Crippen LogP contribution in [0.5, 0.6) is 17.2 Å². The average molecular weight is 501 g/mol. The Morgan fingerprint density at radius 3 is 2.39 bits per heavy atom. The Morgan fingerprint density at radius 2 is 1.75 bits per heavy atom. The van der Waals surface area contributed by atoms with Crippen LogP contribution in [-0.4, -0.2) is 68.0 Å². The van der Waals surface area contributed by atoms with Crippen molar-refractivity contribution < 1.29 is 44.5 Å². The van der Waals surface area contributed by atoms with Crippen LogP contribution in [0.2, 0.25) is 0 Å². The molecule has 4 rings (SSSR count). The molecule has 10 nitrogen and oxygen atoms in total. The monoisotopic (exact) mass is 500 g/mol. The lowest BCUT2D eigenvalue weighted by Gasteiger charge is -2.39. The van der Waals surface area contributed by atoms with Crippen molar-refractivity contribution in [2.24, 2.45) is 0 Å². The van der Waals surface area contributed by atoms with Crippen molar-refractivity contribution in [1.82, 2.24) is 0 Å². The van der Waals surface area contributed by atoms with Crippen molar-refractivity contribution in [1.29, 1.82) is 0 Å². The molecular weight excluding hydrogens is 472 g/mol. The molecule has 0 unspecified atom stereocenters. The van der Waals surface area contributed by atoms with Gasteiger partial charge in [-0.3, -0.25) is 4.79 Å². The number of aliphatic hydroxyl groups excluding tert-OH is 4. The van der Waals surface area contributed by atoms with Gasteiger partial charge in [-0.15, -0.1) is 0 Å². The fourth-order valence-electron chi connectivity index (χ4n) is 4.02. The van der Waals surface area contributed by atoms with E-state index in [4.69, 9.17) is 13.9 Å². The number of hydrogen-bond acceptors (Lipinski definition) is 10. The topological polar surface area (TPSA) is 170 Å². The summed E-state index contributed by atoms with van der Waals surface area (Å²) in [5, 5.41) is 60.6. The fourth-order valence-corrected chi connectivity index (χ4v) is 4.02. The molecular formula is C26H28O10. The molecule has 3 aromatic rings. The number of phenols is 2. The zero-order valence-corrected chi connectivity index (χ0v) is 19.7. The molecule has 0 spiro atoms. The van der Waals surface area contributed by atoms with Gasteiger partial charge in [0.15, 0.2) is 0 Å². The molecule has 0 bridgehead atoms. The molecule has 5 atom stereocenters. The van der Waals surface area contributed by atoms with Crippen molar-refractivity contribution in [3.63, 3.8) is 0 Å². The number of benzene rings is 2. The van der Waals surface area contributed by atoms with Gasteiger partial charge < -0.3 is 44.5 Å². The molecule has 2 heterocycles. The lowest BCUT2D eigenvalue weighted by Crippen LogP contribution is -2.60. The summed E-state index contributed by atoms with van der Waals surface area (Å²) >= 11 is 0. The van der Waals surface area contributed by atoms with E-state index in [1.807, 2.05) is 13.8 Å². The van der Waals surface area contributed by atoms with Crippen molar-refractivity contribution >= 4 is 11.0 Å². The van der Waals surface area contributed by atoms with Gasteiger partial charge in [0.25, 0.3) is 0 Å². The molecule has 0 radical (unpaired) electrons. The number of allylic oxidation sites excluding steroid dienone is 2. The Balaban J connectivity index is 1.83. The molecule has 1 aliphatic heterocycles. The highest BCUT2D eigenvalue weighted by Gasteiger charge is 2.45. The number of fused-ring (bicyclic) bond motifs is 1. The summed E-state index contributed by atoms with van der Waals surface area (Å²) in [6.45, 7) is 3.08. The summed E-state index contributed by atoms with van der Waals surface area (Å²) in [5.74, 6) is -0.341. The van der Waals surface area contributed by atoms with Gasteiger partial charge in [-0.2, -0.15) is 0 Å². The van der Waals surface area contributed by atoms with Crippen LogP contribution in [-0.2, 0) is 11.2 Å². The van der Waals surface area contributed by atoms with Crippen molar-refractivity contribution in [3.8, 4) is 28.4 Å². The third-order valence-corrected chi connectivity index (χ3v) is 6.09. The maximum Gasteiger partial charge on any atom is 0.229 e. The fraction of sp³-hybridized carbons (Fsp3) is 0.346. The minimum absolute atomic E-state index is 0.000527. The van der Waals surface area contributed by atoms with Crippen molar-refractivity contribution in [2.45, 2.75) is 51.0 Å². The number of aliphatic hydroxyl groups is 4. The molecule has 0 aliphatic carbocycles. The molecule has 1 fully saturated rings. The van der Waals surface area contributed by atoms with E-state index in [9.17, 15) is 35.4 Å². The highest BCUT2D eigenvalue weighted by molar-refractivity contribution is 5.90. The standard InChI is InChI=1S/C26H28O10/c1-12(2)3-8-15-17(35-26-25(33)24(32)23(31)19(10-27)36-26)9-18-20(21(15)29)22(30)16(11-34-18)13-4-6-14(28)7-5-13/h3-7,9,11,19,23-29,31-33H,8,10H2,1-2H3/t19-,23-,24-,25-,26+/m0/s1. The number of ether oxygens (including phenoxy) is 2. The smallest absolute Gasteiger partial charge is 0.229 e. The second-order valence-electron chi connectivity index (χ2n) is 8.90. The summed E-state index contributed by atoms with van der Waals surface area (Å²) in [6, 6.07) is 7.32. The molecule has 1 aromatic heterocycles. The van der Waals surface area contributed by atoms with Crippen LogP contribution in [0.3, 0.4) is 0 Å². The minimum Gasteiger partial charge on any atom is -0.508 e. The van der Waals surface area contributed by atoms with Gasteiger partial charge >= 0.3 is 0 Å². The molecule has 0 amide bonds. The van der Waals surface area contributed by atoms with Crippen LogP contribution < -0.4 is 10.2 Å². The van der Waals surface area contributed by atoms with E-state index in [0.717, 1.165) is 5.57 Å². The van der Waals surface area contributed by atoms with Gasteiger partial charge in [0.1, 0.15) is 58.9 Å². The van der Waals surface area contributed by atoms with Gasteiger partial charge in [0.2, 0.25) is 11.7 Å². The molecule has 2 aromatic carbocycles. The maximum absolute atomic E-state index is 13.3. The first-order valence-electron chi connectivity index (χ1n) is 11.3. The summed E-state index contributed by atoms with van der Waals surface area (Å²) in [4.78, 5) is 13.3. The maximum atomic E-state index is 13.3. The Labute approximate surface area is 205 Å². The van der Waals surface area contributed by atoms with E-state index >= 15 is 0 Å². The summed E-state index contributed by atoms with van der Waals surface area (Å²) in [6.07, 6.45) is -4.38. The first kappa shape index (κ1) is 25.7. The molecule has 1 saturated heterocycles. The van der Waals surface area contributed by atoms with Gasteiger partial charge in [-0.1, -0.05) is 23.8 Å². The average Bonchev–Trinajstić information content (AvgIpc) is 2.84. The Kier molecular flexibility index (Phi) is 7.34. The lowest BCUT2D eigenvalue weighted by molar-refractivity contribution is -0.277. The van der Waals surface area contributed by atoms with Crippen LogP contribution in [0.15, 0.2) is 57.5 Å². The molecule has 0 saturated carbocycles.